The van der Waals surface area contributed by atoms with Crippen LogP contribution >= 0.6 is 0 Å². The molecule has 4 rings (SSSR count). The highest BCUT2D eigenvalue weighted by molar-refractivity contribution is 6.01. The predicted octanol–water partition coefficient (Wildman–Crippen LogP) is 1.60. The Morgan fingerprint density at radius 1 is 0.344 bits per heavy atom. The van der Waals surface area contributed by atoms with Crippen LogP contribution in [0.1, 0.15) is 230 Å². The summed E-state index contributed by atoms with van der Waals surface area (Å²) in [6.45, 7) is 27.5. The Morgan fingerprint density at radius 2 is 0.687 bits per heavy atom. The lowest BCUT2D eigenvalue weighted by molar-refractivity contribution is -0.137. The number of hydrogen-bond acceptors (Lipinski definition) is 21. The molecule has 732 valence electrons. The summed E-state index contributed by atoms with van der Waals surface area (Å²) >= 11 is 0. The molecule has 0 saturated heterocycles. The maximum atomic E-state index is 15.2. The van der Waals surface area contributed by atoms with Gasteiger partial charge in [-0.3, -0.25) is 71.9 Å². The standard InChI is InChI=1S/C93H155N23O15/c1-16-58(14)78(93(131)113-70(43-53(4)5)85(123)103-59(15)80(118)114-76(56(10)11)92(130)112-72(45-55(8)9)86(124)105-67(36-24-28-40-96)83(121)115-77(57(12)13)91(129)107-69(79(99)117)42-52(2)3)116-84(122)68(37-25-29-41-97)106-90(128)75(48-62-50-100-51-102-62)111-88(126)73(46-60-30-18-17-19-31-60)110-87(125)71(44-54(6)7)109-82(120)66(35-23-27-39-95)104-89(127)74(108-81(119)64(98)33-22-26-38-94)47-61-49-101-65-34-21-20-32-63(61)65/h17-21,30-32,34,49-59,64,66-78,101H,16,22-29,33,35-48,94-98H2,1-15H3,(H2,99,117)(H,100,102)(H,103,123)(H,104,127)(H,105,124)(H,106,128)(H,107,129)(H,108,119)(H,109,120)(H,110,125)(H,111,126)(H,112,130)(H,113,131)(H,114,118)(H,115,121)(H,116,122)/t58-,59-,64-,66-,67-,68-,69-,70-,71-,72-,73-,74-,75-,76-,77-,78-/m0/s1. The molecule has 28 N–H and O–H groups in total. The molecule has 2 aromatic heterocycles. The fourth-order valence-electron chi connectivity index (χ4n) is 15.0. The van der Waals surface area contributed by atoms with Crippen molar-refractivity contribution in [2.45, 2.75) is 323 Å². The van der Waals surface area contributed by atoms with Crippen LogP contribution in [0.25, 0.3) is 10.9 Å². The highest BCUT2D eigenvalue weighted by atomic mass is 16.2. The lowest BCUT2D eigenvalue weighted by atomic mass is 9.96. The third-order valence-corrected chi connectivity index (χ3v) is 22.7. The average molecular weight is 1840 g/mol. The number of carbonyl (C=O) groups excluding carboxylic acids is 15. The quantitative estimate of drug-likeness (QED) is 0.0279. The summed E-state index contributed by atoms with van der Waals surface area (Å²) in [5.41, 5.74) is 37.9. The van der Waals surface area contributed by atoms with Crippen molar-refractivity contribution in [1.29, 1.82) is 0 Å². The van der Waals surface area contributed by atoms with Gasteiger partial charge < -0.3 is 119 Å². The number of imidazole rings is 1. The Bertz CT molecular complexity index is 4260. The number of amides is 15. The molecule has 15 amide bonds. The van der Waals surface area contributed by atoms with E-state index in [4.69, 9.17) is 34.4 Å². The van der Waals surface area contributed by atoms with E-state index in [1.54, 1.807) is 78.1 Å². The van der Waals surface area contributed by atoms with E-state index in [9.17, 15) is 52.7 Å². The van der Waals surface area contributed by atoms with E-state index >= 15 is 19.2 Å². The van der Waals surface area contributed by atoms with E-state index in [-0.39, 0.29) is 108 Å². The number of rotatable bonds is 63. The molecule has 0 spiro atoms. The molecule has 38 nitrogen and oxygen atoms in total. The lowest BCUT2D eigenvalue weighted by Gasteiger charge is -2.30. The van der Waals surface area contributed by atoms with E-state index < -0.39 is 197 Å². The first-order valence-electron chi connectivity index (χ1n) is 46.7. The van der Waals surface area contributed by atoms with Gasteiger partial charge in [-0.05, 0) is 188 Å². The minimum atomic E-state index is -1.49. The van der Waals surface area contributed by atoms with Gasteiger partial charge in [0.2, 0.25) is 88.6 Å². The van der Waals surface area contributed by atoms with Gasteiger partial charge >= 0.3 is 0 Å². The molecule has 0 radical (unpaired) electrons. The fourth-order valence-corrected chi connectivity index (χ4v) is 15.0. The van der Waals surface area contributed by atoms with Crippen molar-refractivity contribution < 1.29 is 71.9 Å². The van der Waals surface area contributed by atoms with Crippen molar-refractivity contribution in [3.63, 3.8) is 0 Å². The fraction of sp³-hybridized carbons (Fsp3) is 0.656. The third kappa shape index (κ3) is 39.9. The highest BCUT2D eigenvalue weighted by Crippen LogP contribution is 2.22. The van der Waals surface area contributed by atoms with Crippen molar-refractivity contribution in [1.82, 2.24) is 89.4 Å². The second-order valence-corrected chi connectivity index (χ2v) is 36.9. The smallest absolute Gasteiger partial charge is 0.243 e. The molecule has 0 unspecified atom stereocenters. The number of primary amides is 1. The molecule has 4 aromatic rings. The zero-order valence-corrected chi connectivity index (χ0v) is 79.6. The minimum absolute atomic E-state index is 0.00140. The van der Waals surface area contributed by atoms with Crippen molar-refractivity contribution >= 4 is 99.5 Å². The number of carbonyl (C=O) groups is 15. The van der Waals surface area contributed by atoms with Gasteiger partial charge in [-0.15, -0.1) is 0 Å². The summed E-state index contributed by atoms with van der Waals surface area (Å²) < 4.78 is 0. The van der Waals surface area contributed by atoms with Gasteiger partial charge in [0, 0.05) is 48.3 Å². The number of H-pyrrole nitrogens is 2. The van der Waals surface area contributed by atoms with E-state index in [0.29, 0.717) is 87.6 Å². The topological polar surface area (TPSA) is 625 Å². The molecule has 38 heteroatoms. The zero-order valence-electron chi connectivity index (χ0n) is 79.6. The number of nitrogens with one attached hydrogen (secondary N) is 16. The van der Waals surface area contributed by atoms with Crippen LogP contribution in [0.3, 0.4) is 0 Å². The largest absolute Gasteiger partial charge is 0.368 e. The monoisotopic (exact) mass is 1830 g/mol. The van der Waals surface area contributed by atoms with Crippen LogP contribution in [0, 0.1) is 41.4 Å². The normalized spacial score (nSPS) is 15.3. The maximum absolute atomic E-state index is 15.2. The highest BCUT2D eigenvalue weighted by Gasteiger charge is 2.40. The van der Waals surface area contributed by atoms with Gasteiger partial charge in [0.05, 0.1) is 12.4 Å². The number of benzene rings is 2. The number of nitrogens with zero attached hydrogens (tertiary/aromatic N) is 1. The maximum Gasteiger partial charge on any atom is 0.243 e. The molecule has 2 heterocycles. The molecule has 0 fully saturated rings. The van der Waals surface area contributed by atoms with Crippen LogP contribution in [0.2, 0.25) is 0 Å². The van der Waals surface area contributed by atoms with Gasteiger partial charge in [0.1, 0.15) is 84.6 Å². The first-order valence-corrected chi connectivity index (χ1v) is 46.7. The molecule has 0 saturated carbocycles. The van der Waals surface area contributed by atoms with Gasteiger partial charge in [-0.1, -0.05) is 158 Å². The lowest BCUT2D eigenvalue weighted by Crippen LogP contribution is -2.62. The predicted molar refractivity (Wildman–Crippen MR) is 503 cm³/mol. The molecule has 16 atom stereocenters. The first-order chi connectivity index (χ1) is 62.1. The molecule has 131 heavy (non-hydrogen) atoms. The summed E-state index contributed by atoms with van der Waals surface area (Å²) in [7, 11) is 0. The van der Waals surface area contributed by atoms with E-state index in [1.807, 2.05) is 79.7 Å². The molecule has 2 aromatic carbocycles. The van der Waals surface area contributed by atoms with Crippen molar-refractivity contribution in [3.8, 4) is 0 Å². The van der Waals surface area contributed by atoms with Crippen molar-refractivity contribution in [3.05, 3.63) is 90.1 Å². The van der Waals surface area contributed by atoms with E-state index in [0.717, 1.165) is 10.9 Å². The van der Waals surface area contributed by atoms with Crippen molar-refractivity contribution in [2.75, 3.05) is 26.2 Å². The SMILES string of the molecule is CC[C@H](C)[C@H](NC(=O)[C@H](CCCCN)NC(=O)[C@H](Cc1cnc[nH]1)NC(=O)[C@H](Cc1ccccc1)NC(=O)[C@H](CC(C)C)NC(=O)[C@H](CCCCN)NC(=O)[C@H](Cc1c[nH]c2ccccc12)NC(=O)[C@@H](N)CCCCN)C(=O)N[C@@H](CC(C)C)C(=O)N[C@@H](C)C(=O)N[C@H](C(=O)N[C@@H](CC(C)C)C(=O)N[C@@H](CCCCN)C(=O)N[C@H](C(=O)N[C@@H](CC(C)C)C(N)=O)C(C)C)C(C)C. The Hall–Kier alpha value is -11.0. The van der Waals surface area contributed by atoms with Gasteiger partial charge in [-0.25, -0.2) is 4.98 Å². The number of aromatic nitrogens is 3. The van der Waals surface area contributed by atoms with E-state index in [1.165, 1.54) is 19.4 Å². The Kier molecular flexibility index (Phi) is 50.4. The minimum Gasteiger partial charge on any atom is -0.368 e. The average Bonchev–Trinajstić information content (AvgIpc) is 1.69. The summed E-state index contributed by atoms with van der Waals surface area (Å²) in [5, 5.41) is 39.9. The molecule has 0 aliphatic carbocycles. The zero-order chi connectivity index (χ0) is 97.7. The Morgan fingerprint density at radius 3 is 1.11 bits per heavy atom. The summed E-state index contributed by atoms with van der Waals surface area (Å²) in [6.07, 6.45) is 9.10. The second kappa shape index (κ2) is 58.7. The number of nitrogens with two attached hydrogens (primary N) is 6. The number of fused-ring (bicyclic) bond motifs is 1. The molecular weight excluding hydrogens is 1680 g/mol. The second-order valence-electron chi connectivity index (χ2n) is 36.9. The Labute approximate surface area is 772 Å². The number of hydrogen-bond donors (Lipinski definition) is 22. The van der Waals surface area contributed by atoms with E-state index in [2.05, 4.69) is 89.4 Å². The van der Waals surface area contributed by atoms with Crippen LogP contribution in [-0.4, -0.2) is 220 Å². The summed E-state index contributed by atoms with van der Waals surface area (Å²) in [6, 6.07) is -2.75. The van der Waals surface area contributed by atoms with Crippen LogP contribution in [0.15, 0.2) is 73.3 Å². The number of unbranched alkanes of at least 4 members (excludes halogenated alkanes) is 4. The number of para-hydroxylation sites is 1. The Balaban J connectivity index is 1.60. The van der Waals surface area contributed by atoms with Gasteiger partial charge in [-0.2, -0.15) is 0 Å². The summed E-state index contributed by atoms with van der Waals surface area (Å²) in [5.74, 6) is -13.6. The summed E-state index contributed by atoms with van der Waals surface area (Å²) in [4.78, 5) is 227. The molecule has 0 bridgehead atoms. The molecular formula is C93H155N23O15. The van der Waals surface area contributed by atoms with Crippen LogP contribution < -0.4 is 109 Å². The first kappa shape index (κ1) is 112. The van der Waals surface area contributed by atoms with Gasteiger partial charge in [0.25, 0.3) is 0 Å². The van der Waals surface area contributed by atoms with Crippen LogP contribution in [0.4, 0.5) is 0 Å². The number of aromatic amines is 2. The molecule has 0 aliphatic heterocycles. The van der Waals surface area contributed by atoms with Gasteiger partial charge in [0.15, 0.2) is 0 Å². The van der Waals surface area contributed by atoms with Crippen LogP contribution in [0.5, 0.6) is 0 Å². The van der Waals surface area contributed by atoms with Crippen LogP contribution in [-0.2, 0) is 91.2 Å². The third-order valence-electron chi connectivity index (χ3n) is 22.7. The molecule has 0 aliphatic rings. The van der Waals surface area contributed by atoms with Crippen molar-refractivity contribution in [2.24, 2.45) is 75.8 Å².